The first kappa shape index (κ1) is 24.1. The first-order valence-electron chi connectivity index (χ1n) is 9.98. The Bertz CT molecular complexity index is 881. The topological polar surface area (TPSA) is 105 Å². The molecule has 0 spiro atoms. The van der Waals surface area contributed by atoms with Crippen LogP contribution in [0.2, 0.25) is 0 Å². The van der Waals surface area contributed by atoms with E-state index < -0.39 is 0 Å². The van der Waals surface area contributed by atoms with Gasteiger partial charge in [-0.25, -0.2) is 0 Å². The molecule has 8 nitrogen and oxygen atoms in total. The van der Waals surface area contributed by atoms with E-state index in [0.29, 0.717) is 22.9 Å². The van der Waals surface area contributed by atoms with Crippen molar-refractivity contribution in [2.24, 2.45) is 0 Å². The van der Waals surface area contributed by atoms with Gasteiger partial charge in [-0.15, -0.1) is 11.3 Å². The fourth-order valence-electron chi connectivity index (χ4n) is 2.77. The number of ether oxygens (including phenoxy) is 1. The van der Waals surface area contributed by atoms with Gasteiger partial charge in [-0.2, -0.15) is 0 Å². The summed E-state index contributed by atoms with van der Waals surface area (Å²) in [4.78, 5) is 50.5. The van der Waals surface area contributed by atoms with Gasteiger partial charge in [0.2, 0.25) is 17.7 Å². The molecule has 0 radical (unpaired) electrons. The summed E-state index contributed by atoms with van der Waals surface area (Å²) in [7, 11) is 1.56. The van der Waals surface area contributed by atoms with E-state index in [2.05, 4.69) is 10.6 Å². The Hall–Kier alpha value is -3.20. The van der Waals surface area contributed by atoms with E-state index in [1.165, 1.54) is 16.2 Å². The molecule has 0 unspecified atom stereocenters. The van der Waals surface area contributed by atoms with Crippen LogP contribution in [0.1, 0.15) is 35.9 Å². The quantitative estimate of drug-likeness (QED) is 0.489. The monoisotopic (exact) mass is 445 g/mol. The number of nitrogens with zero attached hydrogens (tertiary/aromatic N) is 1. The highest BCUT2D eigenvalue weighted by Gasteiger charge is 2.16. The van der Waals surface area contributed by atoms with Gasteiger partial charge in [0.05, 0.1) is 18.5 Å². The number of likely N-dealkylation sites (N-methyl/N-ethyl adjacent to an activating group) is 1. The highest BCUT2D eigenvalue weighted by atomic mass is 32.1. The Morgan fingerprint density at radius 2 is 1.74 bits per heavy atom. The summed E-state index contributed by atoms with van der Waals surface area (Å²) in [6.07, 6.45) is 0.286. The van der Waals surface area contributed by atoms with Crippen LogP contribution in [-0.4, -0.2) is 55.1 Å². The Kier molecular flexibility index (Phi) is 9.70. The van der Waals surface area contributed by atoms with Crippen LogP contribution in [0.25, 0.3) is 0 Å². The summed E-state index contributed by atoms with van der Waals surface area (Å²) >= 11 is 1.35. The van der Waals surface area contributed by atoms with Crippen molar-refractivity contribution < 1.29 is 23.9 Å². The van der Waals surface area contributed by atoms with Crippen LogP contribution >= 0.6 is 11.3 Å². The maximum absolute atomic E-state index is 12.4. The molecule has 2 aromatic rings. The molecule has 0 saturated carbocycles. The van der Waals surface area contributed by atoms with Crippen molar-refractivity contribution in [1.29, 1.82) is 0 Å². The molecule has 9 heteroatoms. The lowest BCUT2D eigenvalue weighted by Crippen LogP contribution is -2.39. The molecule has 0 aliphatic rings. The summed E-state index contributed by atoms with van der Waals surface area (Å²) in [5.41, 5.74) is 0.610. The van der Waals surface area contributed by atoms with E-state index in [1.54, 1.807) is 50.4 Å². The third-order valence-electron chi connectivity index (χ3n) is 4.48. The molecule has 0 aliphatic carbocycles. The maximum Gasteiger partial charge on any atom is 0.243 e. The number of hydrogen-bond acceptors (Lipinski definition) is 6. The summed E-state index contributed by atoms with van der Waals surface area (Å²) in [5, 5.41) is 7.20. The van der Waals surface area contributed by atoms with Crippen LogP contribution in [0.4, 0.5) is 5.69 Å². The number of Topliss-reactive ketones (excluding diaryl/α,β-unsaturated/α-hetero) is 1. The van der Waals surface area contributed by atoms with Crippen molar-refractivity contribution >= 4 is 40.5 Å². The van der Waals surface area contributed by atoms with E-state index >= 15 is 0 Å². The van der Waals surface area contributed by atoms with E-state index in [1.807, 2.05) is 5.38 Å². The number of carbonyl (C=O) groups excluding carboxylic acids is 4. The Labute approximate surface area is 185 Å². The van der Waals surface area contributed by atoms with Crippen molar-refractivity contribution in [2.45, 2.75) is 26.2 Å². The number of thiophene rings is 1. The zero-order valence-electron chi connectivity index (χ0n) is 17.7. The number of carbonyl (C=O) groups is 4. The second kappa shape index (κ2) is 12.5. The molecule has 0 atom stereocenters. The summed E-state index contributed by atoms with van der Waals surface area (Å²) in [6, 6.07) is 10.4. The number of methoxy groups -OCH3 is 1. The van der Waals surface area contributed by atoms with Gasteiger partial charge in [0.15, 0.2) is 5.78 Å². The molecule has 1 aromatic carbocycles. The largest absolute Gasteiger partial charge is 0.497 e. The fraction of sp³-hybridized carbons (Fsp3) is 0.364. The first-order chi connectivity index (χ1) is 14.9. The number of anilines is 1. The molecule has 2 N–H and O–H groups in total. The van der Waals surface area contributed by atoms with Crippen molar-refractivity contribution in [3.8, 4) is 5.75 Å². The minimum Gasteiger partial charge on any atom is -0.497 e. The van der Waals surface area contributed by atoms with Crippen LogP contribution in [-0.2, 0) is 14.4 Å². The Morgan fingerprint density at radius 1 is 1.00 bits per heavy atom. The predicted molar refractivity (Wildman–Crippen MR) is 119 cm³/mol. The van der Waals surface area contributed by atoms with E-state index in [9.17, 15) is 19.2 Å². The molecule has 1 aromatic heterocycles. The third-order valence-corrected chi connectivity index (χ3v) is 5.39. The highest BCUT2D eigenvalue weighted by molar-refractivity contribution is 7.12. The number of benzene rings is 1. The number of nitrogens with one attached hydrogen (secondary N) is 2. The van der Waals surface area contributed by atoms with Crippen LogP contribution in [0.5, 0.6) is 5.75 Å². The number of ketones is 1. The normalized spacial score (nSPS) is 10.3. The number of amides is 3. The minimum atomic E-state index is -0.309. The summed E-state index contributed by atoms with van der Waals surface area (Å²) < 4.78 is 5.07. The standard InChI is InChI=1S/C22H27N3O5S/c1-3-25(15-21(28)24-16-6-8-17(30-2)9-7-16)22(29)12-13-23-20(27)11-10-18(26)19-5-4-14-31-19/h4-9,14H,3,10-13,15H2,1-2H3,(H,23,27)(H,24,28). The number of hydrogen-bond donors (Lipinski definition) is 2. The van der Waals surface area contributed by atoms with Gasteiger partial charge in [-0.05, 0) is 42.6 Å². The second-order valence-corrected chi connectivity index (χ2v) is 7.63. The smallest absolute Gasteiger partial charge is 0.243 e. The van der Waals surface area contributed by atoms with E-state index in [-0.39, 0.29) is 55.9 Å². The lowest BCUT2D eigenvalue weighted by atomic mass is 10.2. The zero-order valence-corrected chi connectivity index (χ0v) is 18.5. The lowest BCUT2D eigenvalue weighted by molar-refractivity contribution is -0.134. The summed E-state index contributed by atoms with van der Waals surface area (Å²) in [5.74, 6) is -0.209. The Morgan fingerprint density at radius 3 is 2.35 bits per heavy atom. The maximum atomic E-state index is 12.4. The molecule has 166 valence electrons. The van der Waals surface area contributed by atoms with E-state index in [0.717, 1.165) is 0 Å². The predicted octanol–water partition coefficient (Wildman–Crippen LogP) is 2.71. The zero-order chi connectivity index (χ0) is 22.6. The van der Waals surface area contributed by atoms with Crippen LogP contribution in [0.3, 0.4) is 0 Å². The molecule has 0 aliphatic heterocycles. The van der Waals surface area contributed by atoms with Gasteiger partial charge < -0.3 is 20.3 Å². The van der Waals surface area contributed by atoms with Gasteiger partial charge in [-0.3, -0.25) is 19.2 Å². The van der Waals surface area contributed by atoms with Gasteiger partial charge in [-0.1, -0.05) is 6.07 Å². The second-order valence-electron chi connectivity index (χ2n) is 6.69. The van der Waals surface area contributed by atoms with Crippen LogP contribution in [0, 0.1) is 0 Å². The number of rotatable bonds is 12. The molecule has 1 heterocycles. The van der Waals surface area contributed by atoms with E-state index in [4.69, 9.17) is 4.74 Å². The van der Waals surface area contributed by atoms with Gasteiger partial charge in [0, 0.05) is 38.0 Å². The van der Waals surface area contributed by atoms with Crippen molar-refractivity contribution in [3.05, 3.63) is 46.7 Å². The Balaban J connectivity index is 1.69. The average molecular weight is 446 g/mol. The molecule has 0 bridgehead atoms. The summed E-state index contributed by atoms with van der Waals surface area (Å²) in [6.45, 7) is 2.23. The molecule has 31 heavy (non-hydrogen) atoms. The minimum absolute atomic E-state index is 0.0683. The lowest BCUT2D eigenvalue weighted by Gasteiger charge is -2.20. The van der Waals surface area contributed by atoms with Crippen LogP contribution in [0.15, 0.2) is 41.8 Å². The highest BCUT2D eigenvalue weighted by Crippen LogP contribution is 2.15. The SMILES string of the molecule is CCN(CC(=O)Nc1ccc(OC)cc1)C(=O)CCNC(=O)CCC(=O)c1cccs1. The molecule has 3 amide bonds. The van der Waals surface area contributed by atoms with Gasteiger partial charge in [0.25, 0.3) is 0 Å². The fourth-order valence-corrected chi connectivity index (χ4v) is 3.46. The molecular weight excluding hydrogens is 418 g/mol. The average Bonchev–Trinajstić information content (AvgIpc) is 3.31. The third kappa shape index (κ3) is 8.21. The molecule has 0 saturated heterocycles. The van der Waals surface area contributed by atoms with Crippen LogP contribution < -0.4 is 15.4 Å². The van der Waals surface area contributed by atoms with Crippen molar-refractivity contribution in [3.63, 3.8) is 0 Å². The molecular formula is C22H27N3O5S. The first-order valence-corrected chi connectivity index (χ1v) is 10.9. The molecule has 2 rings (SSSR count). The van der Waals surface area contributed by atoms with Crippen molar-refractivity contribution in [2.75, 3.05) is 32.1 Å². The van der Waals surface area contributed by atoms with Gasteiger partial charge in [0.1, 0.15) is 5.75 Å². The molecule has 0 fully saturated rings. The van der Waals surface area contributed by atoms with Gasteiger partial charge >= 0.3 is 0 Å². The van der Waals surface area contributed by atoms with Crippen molar-refractivity contribution in [1.82, 2.24) is 10.2 Å².